The van der Waals surface area contributed by atoms with E-state index in [1.807, 2.05) is 20.8 Å². The molecular formula is C20H27F2N3O2. The summed E-state index contributed by atoms with van der Waals surface area (Å²) in [6.45, 7) is 7.85. The number of hydrogen-bond donors (Lipinski definition) is 1. The van der Waals surface area contributed by atoms with Gasteiger partial charge in [-0.15, -0.1) is 0 Å². The fourth-order valence-corrected chi connectivity index (χ4v) is 3.64. The lowest BCUT2D eigenvalue weighted by Gasteiger charge is -2.33. The van der Waals surface area contributed by atoms with E-state index in [4.69, 9.17) is 4.74 Å². The Morgan fingerprint density at radius 3 is 2.56 bits per heavy atom. The van der Waals surface area contributed by atoms with Crippen LogP contribution in [0.2, 0.25) is 0 Å². The van der Waals surface area contributed by atoms with E-state index in [1.165, 1.54) is 6.07 Å². The van der Waals surface area contributed by atoms with Crippen molar-refractivity contribution in [3.05, 3.63) is 35.3 Å². The normalized spacial score (nSPS) is 21.0. The van der Waals surface area contributed by atoms with Gasteiger partial charge in [-0.05, 0) is 65.5 Å². The number of halogens is 2. The number of aromatic nitrogens is 2. The Kier molecular flexibility index (Phi) is 5.51. The molecule has 0 radical (unpaired) electrons. The lowest BCUT2D eigenvalue weighted by molar-refractivity contribution is -0.0757. The maximum Gasteiger partial charge on any atom is 0.280 e. The number of nitrogens with one attached hydrogen (secondary N) is 1. The molecule has 0 spiro atoms. The predicted octanol–water partition coefficient (Wildman–Crippen LogP) is 4.44. The molecule has 0 unspecified atom stereocenters. The summed E-state index contributed by atoms with van der Waals surface area (Å²) >= 11 is 0. The zero-order valence-electron chi connectivity index (χ0n) is 16.3. The first kappa shape index (κ1) is 19.7. The molecular weight excluding hydrogens is 352 g/mol. The van der Waals surface area contributed by atoms with Gasteiger partial charge in [0.15, 0.2) is 0 Å². The van der Waals surface area contributed by atoms with Crippen LogP contribution in [0.25, 0.3) is 5.65 Å². The van der Waals surface area contributed by atoms with Gasteiger partial charge in [-0.2, -0.15) is 0 Å². The van der Waals surface area contributed by atoms with Crippen molar-refractivity contribution < 1.29 is 18.3 Å². The second-order valence-electron chi connectivity index (χ2n) is 8.22. The molecule has 0 saturated heterocycles. The molecule has 1 saturated carbocycles. The van der Waals surface area contributed by atoms with E-state index >= 15 is 0 Å². The summed E-state index contributed by atoms with van der Waals surface area (Å²) in [6.07, 6.45) is 2.71. The van der Waals surface area contributed by atoms with E-state index in [1.54, 1.807) is 23.6 Å². The van der Waals surface area contributed by atoms with Crippen molar-refractivity contribution in [2.75, 3.05) is 0 Å². The molecule has 2 heterocycles. The maximum absolute atomic E-state index is 13.1. The van der Waals surface area contributed by atoms with E-state index in [0.29, 0.717) is 11.3 Å². The third-order valence-electron chi connectivity index (χ3n) is 4.83. The molecule has 1 aliphatic rings. The number of carbonyl (C=O) groups excluding carboxylic acids is 1. The highest BCUT2D eigenvalue weighted by atomic mass is 19.3. The van der Waals surface area contributed by atoms with E-state index in [-0.39, 0.29) is 35.0 Å². The number of hydrogen-bond acceptors (Lipinski definition) is 3. The van der Waals surface area contributed by atoms with Crippen LogP contribution in [0.4, 0.5) is 8.78 Å². The van der Waals surface area contributed by atoms with E-state index in [9.17, 15) is 13.6 Å². The Hall–Kier alpha value is -2.02. The van der Waals surface area contributed by atoms with Crippen molar-refractivity contribution >= 4 is 11.6 Å². The van der Waals surface area contributed by atoms with Crippen molar-refractivity contribution in [2.45, 2.75) is 77.6 Å². The number of fused-ring (bicyclic) bond motifs is 1. The minimum atomic E-state index is -2.67. The topological polar surface area (TPSA) is 55.6 Å². The molecule has 5 nitrogen and oxygen atoms in total. The van der Waals surface area contributed by atoms with Crippen LogP contribution in [-0.2, 0) is 4.74 Å². The highest BCUT2D eigenvalue weighted by Crippen LogP contribution is 2.26. The van der Waals surface area contributed by atoms with Crippen LogP contribution in [-0.4, -0.2) is 33.0 Å². The fourth-order valence-electron chi connectivity index (χ4n) is 3.64. The monoisotopic (exact) mass is 379 g/mol. The highest BCUT2D eigenvalue weighted by molar-refractivity contribution is 6.00. The quantitative estimate of drug-likeness (QED) is 0.855. The van der Waals surface area contributed by atoms with Gasteiger partial charge in [0.1, 0.15) is 11.3 Å². The minimum absolute atomic E-state index is 0.0617. The first-order chi connectivity index (χ1) is 12.6. The summed E-state index contributed by atoms with van der Waals surface area (Å²) in [5.74, 6) is -0.268. The molecule has 3 rings (SSSR count). The van der Waals surface area contributed by atoms with Gasteiger partial charge in [-0.3, -0.25) is 4.79 Å². The van der Waals surface area contributed by atoms with Gasteiger partial charge in [0.2, 0.25) is 0 Å². The second-order valence-corrected chi connectivity index (χ2v) is 8.22. The Morgan fingerprint density at radius 1 is 1.30 bits per heavy atom. The van der Waals surface area contributed by atoms with E-state index < -0.39 is 6.43 Å². The molecule has 1 fully saturated rings. The molecule has 0 bridgehead atoms. The van der Waals surface area contributed by atoms with Crippen molar-refractivity contribution in [1.82, 2.24) is 14.7 Å². The lowest BCUT2D eigenvalue weighted by atomic mass is 9.92. The molecule has 27 heavy (non-hydrogen) atoms. The molecule has 1 N–H and O–H groups in total. The number of rotatable bonds is 4. The molecule has 7 heteroatoms. The number of amides is 1. The van der Waals surface area contributed by atoms with Crippen LogP contribution in [0, 0.1) is 6.92 Å². The maximum atomic E-state index is 13.1. The zero-order valence-corrected chi connectivity index (χ0v) is 16.3. The summed E-state index contributed by atoms with van der Waals surface area (Å²) in [7, 11) is 0. The van der Waals surface area contributed by atoms with Crippen molar-refractivity contribution in [3.63, 3.8) is 0 Å². The van der Waals surface area contributed by atoms with Crippen LogP contribution in [0.15, 0.2) is 18.3 Å². The Morgan fingerprint density at radius 2 is 1.96 bits per heavy atom. The molecule has 0 atom stereocenters. The van der Waals surface area contributed by atoms with Crippen molar-refractivity contribution in [1.29, 1.82) is 0 Å². The largest absolute Gasteiger partial charge is 0.373 e. The smallest absolute Gasteiger partial charge is 0.280 e. The van der Waals surface area contributed by atoms with Gasteiger partial charge in [-0.25, -0.2) is 13.8 Å². The van der Waals surface area contributed by atoms with Crippen LogP contribution < -0.4 is 5.32 Å². The van der Waals surface area contributed by atoms with E-state index in [0.717, 1.165) is 25.7 Å². The van der Waals surface area contributed by atoms with Crippen LogP contribution in [0.3, 0.4) is 0 Å². The van der Waals surface area contributed by atoms with Gasteiger partial charge in [-0.1, -0.05) is 0 Å². The van der Waals surface area contributed by atoms with Crippen molar-refractivity contribution in [3.8, 4) is 0 Å². The standard InChI is InChI=1S/C20H27F2N3O2/c1-12-11-16(17(21)22)24-18-15(9-10-25(12)18)19(26)23-13-5-7-14(8-6-13)27-20(2,3)4/h9-11,13-14,17H,5-8H2,1-4H3,(H,23,26)/t13-,14-. The van der Waals surface area contributed by atoms with Gasteiger partial charge in [0, 0.05) is 17.9 Å². The molecule has 1 amide bonds. The fraction of sp³-hybridized carbons (Fsp3) is 0.600. The Bertz CT molecular complexity index is 818. The van der Waals surface area contributed by atoms with Crippen molar-refractivity contribution in [2.24, 2.45) is 0 Å². The predicted molar refractivity (Wildman–Crippen MR) is 99.2 cm³/mol. The number of alkyl halides is 2. The van der Waals surface area contributed by atoms with Gasteiger partial charge in [0.25, 0.3) is 12.3 Å². The summed E-state index contributed by atoms with van der Waals surface area (Å²) < 4.78 is 33.8. The number of nitrogens with zero attached hydrogens (tertiary/aromatic N) is 2. The SMILES string of the molecule is Cc1cc(C(F)F)nc2c(C(=O)N[C@H]3CC[C@H](OC(C)(C)C)CC3)ccn12. The lowest BCUT2D eigenvalue weighted by Crippen LogP contribution is -2.40. The first-order valence-corrected chi connectivity index (χ1v) is 9.39. The molecule has 148 valence electrons. The minimum Gasteiger partial charge on any atom is -0.373 e. The third-order valence-corrected chi connectivity index (χ3v) is 4.83. The third kappa shape index (κ3) is 4.64. The summed E-state index contributed by atoms with van der Waals surface area (Å²) in [6, 6.07) is 3.04. The summed E-state index contributed by atoms with van der Waals surface area (Å²) in [5.41, 5.74) is 0.737. The number of carbonyl (C=O) groups is 1. The van der Waals surface area contributed by atoms with Crippen LogP contribution in [0.1, 0.15) is 74.6 Å². The first-order valence-electron chi connectivity index (χ1n) is 9.39. The average molecular weight is 379 g/mol. The Balaban J connectivity index is 1.69. The second kappa shape index (κ2) is 7.54. The molecule has 2 aromatic heterocycles. The zero-order chi connectivity index (χ0) is 19.8. The number of aryl methyl sites for hydroxylation is 1. The average Bonchev–Trinajstić information content (AvgIpc) is 3.00. The van der Waals surface area contributed by atoms with Gasteiger partial charge >= 0.3 is 0 Å². The Labute approximate surface area is 158 Å². The van der Waals surface area contributed by atoms with Gasteiger partial charge in [0.05, 0.1) is 17.3 Å². The van der Waals surface area contributed by atoms with Gasteiger partial charge < -0.3 is 14.5 Å². The molecule has 0 aliphatic heterocycles. The highest BCUT2D eigenvalue weighted by Gasteiger charge is 2.27. The number of ether oxygens (including phenoxy) is 1. The molecule has 0 aromatic carbocycles. The molecule has 1 aliphatic carbocycles. The van der Waals surface area contributed by atoms with Crippen LogP contribution in [0.5, 0.6) is 0 Å². The molecule has 2 aromatic rings. The van der Waals surface area contributed by atoms with E-state index in [2.05, 4.69) is 10.3 Å². The van der Waals surface area contributed by atoms with Crippen LogP contribution >= 0.6 is 0 Å². The summed E-state index contributed by atoms with van der Waals surface area (Å²) in [5, 5.41) is 3.03. The summed E-state index contributed by atoms with van der Waals surface area (Å²) in [4.78, 5) is 16.7.